The van der Waals surface area contributed by atoms with Gasteiger partial charge in [0.25, 0.3) is 0 Å². The Bertz CT molecular complexity index is 1180. The van der Waals surface area contributed by atoms with Gasteiger partial charge in [-0.25, -0.2) is 0 Å². The highest BCUT2D eigenvalue weighted by Gasteiger charge is 2.35. The summed E-state index contributed by atoms with van der Waals surface area (Å²) in [7, 11) is 0. The molecule has 49 heavy (non-hydrogen) atoms. The fourth-order valence-corrected chi connectivity index (χ4v) is 4.56. The molecule has 0 aliphatic rings. The number of carbonyl (C=O) groups is 8. The van der Waals surface area contributed by atoms with Crippen LogP contribution in [-0.2, 0) is 38.4 Å². The second-order valence-corrected chi connectivity index (χ2v) is 13.2. The van der Waals surface area contributed by atoms with Crippen LogP contribution in [0.5, 0.6) is 0 Å². The van der Waals surface area contributed by atoms with Crippen LogP contribution in [0, 0.1) is 17.8 Å². The van der Waals surface area contributed by atoms with Crippen LogP contribution < -0.4 is 43.4 Å². The number of nitrogens with one attached hydrogen (secondary N) is 6. The molecule has 0 radical (unpaired) electrons. The molecule has 7 atom stereocenters. The lowest BCUT2D eigenvalue weighted by Crippen LogP contribution is -2.62. The number of aliphatic hydroxyl groups excluding tert-OH is 1. The monoisotopic (exact) mass is 700 g/mol. The maximum absolute atomic E-state index is 13.5. The minimum absolute atomic E-state index is 0.0834. The van der Waals surface area contributed by atoms with Crippen LogP contribution in [-0.4, -0.2) is 106 Å². The number of rotatable bonds is 22. The van der Waals surface area contributed by atoms with Crippen LogP contribution in [0.4, 0.5) is 0 Å². The van der Waals surface area contributed by atoms with Gasteiger partial charge in [-0.1, -0.05) is 41.5 Å². The lowest BCUT2D eigenvalue weighted by atomic mass is 9.99. The van der Waals surface area contributed by atoms with Crippen LogP contribution in [0.15, 0.2) is 0 Å². The maximum Gasteiger partial charge on any atom is 0.325 e. The fourth-order valence-electron chi connectivity index (χ4n) is 4.56. The first-order chi connectivity index (χ1) is 22.6. The van der Waals surface area contributed by atoms with Crippen molar-refractivity contribution in [3.63, 3.8) is 0 Å². The molecule has 7 amide bonds. The Hall–Kier alpha value is -4.32. The third-order valence-electron chi connectivity index (χ3n) is 7.24. The van der Waals surface area contributed by atoms with E-state index in [0.29, 0.717) is 0 Å². The predicted octanol–water partition coefficient (Wildman–Crippen LogP) is -2.65. The standard InChI is InChI=1S/C31H56N8O10/c1-14(2)11-20(27(44)34-17(7)31(48)49)36-28(45)21(12-15(3)4)37-30(47)25(18(8)40)39-26(43)19(9-10-22(33)41)35-29(46)24(16(5)6)38-23(42)13-32/h14-21,24-25,40H,9-13,32H2,1-8H3,(H2,33,41)(H,34,44)(H,35,46)(H,36,45)(H,37,47)(H,38,42)(H,39,43)(H,48,49)/t17-,18+,19-,20-,21-,24-,25-/m0/s1. The van der Waals surface area contributed by atoms with E-state index in [1.165, 1.54) is 13.8 Å². The molecule has 0 aliphatic carbocycles. The molecule has 280 valence electrons. The molecule has 0 heterocycles. The van der Waals surface area contributed by atoms with Gasteiger partial charge in [-0.2, -0.15) is 0 Å². The summed E-state index contributed by atoms with van der Waals surface area (Å²) >= 11 is 0. The number of hydrogen-bond acceptors (Lipinski definition) is 10. The van der Waals surface area contributed by atoms with Gasteiger partial charge in [-0.15, -0.1) is 0 Å². The molecule has 0 aromatic carbocycles. The van der Waals surface area contributed by atoms with Crippen molar-refractivity contribution < 1.29 is 48.6 Å². The zero-order chi connectivity index (χ0) is 38.2. The number of aliphatic carboxylic acids is 1. The van der Waals surface area contributed by atoms with E-state index in [2.05, 4.69) is 31.9 Å². The summed E-state index contributed by atoms with van der Waals surface area (Å²) in [4.78, 5) is 101. The summed E-state index contributed by atoms with van der Waals surface area (Å²) in [6.07, 6.45) is -1.89. The van der Waals surface area contributed by atoms with Crippen molar-refractivity contribution in [1.29, 1.82) is 0 Å². The molecular formula is C31H56N8O10. The summed E-state index contributed by atoms with van der Waals surface area (Å²) in [5.41, 5.74) is 10.6. The smallest absolute Gasteiger partial charge is 0.325 e. The second kappa shape index (κ2) is 21.6. The van der Waals surface area contributed by atoms with Gasteiger partial charge < -0.3 is 53.6 Å². The number of hydrogen-bond donors (Lipinski definition) is 10. The summed E-state index contributed by atoms with van der Waals surface area (Å²) in [5, 5.41) is 34.3. The molecule has 12 N–H and O–H groups in total. The number of carboxylic acid groups (broad SMARTS) is 1. The minimum Gasteiger partial charge on any atom is -0.480 e. The quantitative estimate of drug-likeness (QED) is 0.0556. The van der Waals surface area contributed by atoms with E-state index < -0.39 is 102 Å². The predicted molar refractivity (Wildman–Crippen MR) is 178 cm³/mol. The molecule has 0 aliphatic heterocycles. The van der Waals surface area contributed by atoms with Crippen LogP contribution in [0.2, 0.25) is 0 Å². The van der Waals surface area contributed by atoms with Gasteiger partial charge >= 0.3 is 5.97 Å². The fraction of sp³-hybridized carbons (Fsp3) is 0.742. The third kappa shape index (κ3) is 17.1. The van der Waals surface area contributed by atoms with Crippen molar-refractivity contribution >= 4 is 47.3 Å². The lowest BCUT2D eigenvalue weighted by molar-refractivity contribution is -0.142. The van der Waals surface area contributed by atoms with Crippen molar-refractivity contribution in [3.05, 3.63) is 0 Å². The van der Waals surface area contributed by atoms with Crippen LogP contribution in [0.1, 0.15) is 81.1 Å². The summed E-state index contributed by atoms with van der Waals surface area (Å²) in [5.74, 6) is -7.52. The number of carbonyl (C=O) groups excluding carboxylic acids is 7. The van der Waals surface area contributed by atoms with E-state index in [-0.39, 0.29) is 37.5 Å². The van der Waals surface area contributed by atoms with Gasteiger partial charge in [-0.05, 0) is 50.9 Å². The van der Waals surface area contributed by atoms with Crippen molar-refractivity contribution in [2.75, 3.05) is 6.54 Å². The maximum atomic E-state index is 13.5. The molecule has 0 aromatic rings. The minimum atomic E-state index is -1.65. The van der Waals surface area contributed by atoms with E-state index in [0.717, 1.165) is 0 Å². The largest absolute Gasteiger partial charge is 0.480 e. The second-order valence-electron chi connectivity index (χ2n) is 13.2. The number of primary amides is 1. The Morgan fingerprint density at radius 3 is 1.43 bits per heavy atom. The third-order valence-corrected chi connectivity index (χ3v) is 7.24. The molecule has 0 fully saturated rings. The van der Waals surface area contributed by atoms with Crippen LogP contribution in [0.25, 0.3) is 0 Å². The molecule has 0 aromatic heterocycles. The zero-order valence-corrected chi connectivity index (χ0v) is 29.6. The van der Waals surface area contributed by atoms with Crippen molar-refractivity contribution in [3.8, 4) is 0 Å². The molecule has 0 rings (SSSR count). The Balaban J connectivity index is 6.15. The Labute approximate surface area is 287 Å². The molecule has 0 spiro atoms. The van der Waals surface area contributed by atoms with Gasteiger partial charge in [0.2, 0.25) is 41.4 Å². The first-order valence-electron chi connectivity index (χ1n) is 16.3. The first kappa shape index (κ1) is 44.7. The topological polar surface area (TPSA) is 301 Å². The van der Waals surface area contributed by atoms with Gasteiger partial charge in [0, 0.05) is 6.42 Å². The van der Waals surface area contributed by atoms with Crippen molar-refractivity contribution in [2.45, 2.75) is 123 Å². The Morgan fingerprint density at radius 2 is 1.02 bits per heavy atom. The number of carboxylic acids is 1. The highest BCUT2D eigenvalue weighted by atomic mass is 16.4. The molecule has 0 bridgehead atoms. The molecule has 18 nitrogen and oxygen atoms in total. The van der Waals surface area contributed by atoms with Crippen LogP contribution >= 0.6 is 0 Å². The summed E-state index contributed by atoms with van der Waals surface area (Å²) < 4.78 is 0. The Kier molecular flexibility index (Phi) is 19.7. The highest BCUT2D eigenvalue weighted by molar-refractivity contribution is 5.97. The van der Waals surface area contributed by atoms with Gasteiger partial charge in [0.15, 0.2) is 0 Å². The van der Waals surface area contributed by atoms with E-state index in [9.17, 15) is 48.6 Å². The summed E-state index contributed by atoms with van der Waals surface area (Å²) in [6.45, 7) is 12.5. The lowest BCUT2D eigenvalue weighted by Gasteiger charge is -2.29. The average Bonchev–Trinajstić information content (AvgIpc) is 2.98. The first-order valence-corrected chi connectivity index (χ1v) is 16.3. The molecule has 0 saturated heterocycles. The van der Waals surface area contributed by atoms with Gasteiger partial charge in [0.05, 0.1) is 12.6 Å². The molecular weight excluding hydrogens is 644 g/mol. The average molecular weight is 701 g/mol. The molecule has 18 heteroatoms. The number of aliphatic hydroxyl groups is 1. The molecule has 0 unspecified atom stereocenters. The summed E-state index contributed by atoms with van der Waals surface area (Å²) in [6, 6.07) is -7.77. The van der Waals surface area contributed by atoms with E-state index in [1.807, 2.05) is 0 Å². The number of amides is 7. The normalized spacial score (nSPS) is 15.5. The van der Waals surface area contributed by atoms with Gasteiger partial charge in [0.1, 0.15) is 36.3 Å². The highest BCUT2D eigenvalue weighted by Crippen LogP contribution is 2.11. The van der Waals surface area contributed by atoms with E-state index in [1.54, 1.807) is 41.5 Å². The molecule has 0 saturated carbocycles. The van der Waals surface area contributed by atoms with E-state index >= 15 is 0 Å². The zero-order valence-electron chi connectivity index (χ0n) is 29.6. The van der Waals surface area contributed by atoms with Crippen molar-refractivity contribution in [2.24, 2.45) is 29.2 Å². The van der Waals surface area contributed by atoms with E-state index in [4.69, 9.17) is 11.5 Å². The van der Waals surface area contributed by atoms with Crippen LogP contribution in [0.3, 0.4) is 0 Å². The van der Waals surface area contributed by atoms with Crippen molar-refractivity contribution in [1.82, 2.24) is 31.9 Å². The number of nitrogens with two attached hydrogens (primary N) is 2. The SMILES string of the molecule is CC(C)C[C@H](NC(=O)[C@H](CC(C)C)NC(=O)[C@@H](NC(=O)[C@H](CCC(N)=O)NC(=O)[C@@H](NC(=O)CN)C(C)C)[C@@H](C)O)C(=O)N[C@@H](C)C(=O)O. The Morgan fingerprint density at radius 1 is 0.592 bits per heavy atom. The van der Waals surface area contributed by atoms with Gasteiger partial charge in [-0.3, -0.25) is 38.4 Å².